The fourth-order valence-corrected chi connectivity index (χ4v) is 3.57. The van der Waals surface area contributed by atoms with Crippen molar-refractivity contribution in [2.75, 3.05) is 25.1 Å². The molecule has 0 aromatic carbocycles. The zero-order valence-electron chi connectivity index (χ0n) is 16.3. The smallest absolute Gasteiger partial charge is 0.419 e. The van der Waals surface area contributed by atoms with Crippen LogP contribution in [0.1, 0.15) is 45.1 Å². The summed E-state index contributed by atoms with van der Waals surface area (Å²) in [6.45, 7) is 3.97. The Morgan fingerprint density at radius 2 is 2.11 bits per heavy atom. The number of ether oxygens (including phenoxy) is 1. The molecule has 1 saturated heterocycles. The third kappa shape index (κ3) is 4.94. The minimum absolute atomic E-state index is 0.106. The molecule has 1 aliphatic rings. The third-order valence-corrected chi connectivity index (χ3v) is 4.97. The van der Waals surface area contributed by atoms with E-state index in [0.29, 0.717) is 32.2 Å². The molecule has 28 heavy (non-hydrogen) atoms. The Labute approximate surface area is 162 Å². The number of nitrogens with one attached hydrogen (secondary N) is 1. The maximum absolute atomic E-state index is 13.3. The van der Waals surface area contributed by atoms with Gasteiger partial charge in [-0.15, -0.1) is 0 Å². The molecule has 2 atom stereocenters. The minimum Gasteiger partial charge on any atom is -0.467 e. The second kappa shape index (κ2) is 8.79. The van der Waals surface area contributed by atoms with Crippen LogP contribution in [0, 0.1) is 5.92 Å². The molecule has 0 saturated carbocycles. The number of rotatable bonds is 6. The highest BCUT2D eigenvalue weighted by molar-refractivity contribution is 5.89. The maximum Gasteiger partial charge on any atom is 0.419 e. The van der Waals surface area contributed by atoms with Gasteiger partial charge < -0.3 is 15.0 Å². The first-order chi connectivity index (χ1) is 13.1. The van der Waals surface area contributed by atoms with Crippen molar-refractivity contribution in [2.24, 2.45) is 5.92 Å². The summed E-state index contributed by atoms with van der Waals surface area (Å²) < 4.78 is 44.7. The number of amides is 1. The van der Waals surface area contributed by atoms with Crippen molar-refractivity contribution in [3.05, 3.63) is 23.9 Å². The number of pyridine rings is 1. The van der Waals surface area contributed by atoms with Gasteiger partial charge in [0.05, 0.1) is 18.6 Å². The van der Waals surface area contributed by atoms with Crippen molar-refractivity contribution in [2.45, 2.75) is 51.2 Å². The van der Waals surface area contributed by atoms with Gasteiger partial charge in [0.2, 0.25) is 5.91 Å². The van der Waals surface area contributed by atoms with Crippen LogP contribution in [0.15, 0.2) is 18.3 Å². The van der Waals surface area contributed by atoms with Gasteiger partial charge in [0, 0.05) is 19.3 Å². The Hall–Kier alpha value is -2.32. The molecule has 9 heteroatoms. The molecule has 0 radical (unpaired) electrons. The van der Waals surface area contributed by atoms with Gasteiger partial charge in [-0.05, 0) is 38.3 Å². The lowest BCUT2D eigenvalue weighted by Gasteiger charge is -2.36. The molecule has 1 amide bonds. The van der Waals surface area contributed by atoms with E-state index >= 15 is 0 Å². The number of anilines is 1. The van der Waals surface area contributed by atoms with E-state index in [9.17, 15) is 22.8 Å². The van der Waals surface area contributed by atoms with Gasteiger partial charge >= 0.3 is 12.1 Å². The molecule has 1 fully saturated rings. The number of carbonyl (C=O) groups is 2. The van der Waals surface area contributed by atoms with Gasteiger partial charge in [0.1, 0.15) is 11.4 Å². The summed E-state index contributed by atoms with van der Waals surface area (Å²) in [5, 5.41) is 2.75. The van der Waals surface area contributed by atoms with E-state index in [1.807, 2.05) is 6.92 Å². The SMILES string of the molecule is CCCC(C)(NC(=O)C1CCCN(c2ncccc2C(F)(F)F)C1)C(=O)OC. The molecular weight excluding hydrogens is 375 g/mol. The zero-order valence-corrected chi connectivity index (χ0v) is 16.3. The van der Waals surface area contributed by atoms with Gasteiger partial charge in [0.25, 0.3) is 0 Å². The first kappa shape index (κ1) is 22.0. The lowest BCUT2D eigenvalue weighted by Crippen LogP contribution is -2.56. The molecule has 2 unspecified atom stereocenters. The number of aromatic nitrogens is 1. The van der Waals surface area contributed by atoms with Crippen LogP contribution in [0.4, 0.5) is 19.0 Å². The number of alkyl halides is 3. The molecule has 6 nitrogen and oxygen atoms in total. The molecule has 0 bridgehead atoms. The molecule has 156 valence electrons. The summed E-state index contributed by atoms with van der Waals surface area (Å²) in [5.74, 6) is -1.62. The average Bonchev–Trinajstić information content (AvgIpc) is 2.66. The number of carbonyl (C=O) groups excluding carboxylic acids is 2. The highest BCUT2D eigenvalue weighted by Crippen LogP contribution is 2.36. The standard InChI is InChI=1S/C19H26F3N3O3/c1-4-9-18(2,17(27)28-3)24-16(26)13-7-6-11-25(12-13)15-14(19(20,21)22)8-5-10-23-15/h5,8,10,13H,4,6-7,9,11-12H2,1-3H3,(H,24,26). The van der Waals surface area contributed by atoms with Crippen LogP contribution in [0.3, 0.4) is 0 Å². The Kier molecular flexibility index (Phi) is 6.90. The average molecular weight is 401 g/mol. The Morgan fingerprint density at radius 1 is 1.39 bits per heavy atom. The summed E-state index contributed by atoms with van der Waals surface area (Å²) in [6, 6.07) is 2.23. The minimum atomic E-state index is -4.52. The van der Waals surface area contributed by atoms with E-state index in [-0.39, 0.29) is 18.3 Å². The molecular formula is C19H26F3N3O3. The normalized spacial score (nSPS) is 19.6. The van der Waals surface area contributed by atoms with Crippen molar-refractivity contribution < 1.29 is 27.5 Å². The van der Waals surface area contributed by atoms with Gasteiger partial charge in [-0.2, -0.15) is 13.2 Å². The van der Waals surface area contributed by atoms with Crippen molar-refractivity contribution in [1.82, 2.24) is 10.3 Å². The van der Waals surface area contributed by atoms with Gasteiger partial charge in [0.15, 0.2) is 0 Å². The monoisotopic (exact) mass is 401 g/mol. The largest absolute Gasteiger partial charge is 0.467 e. The van der Waals surface area contributed by atoms with E-state index in [0.717, 1.165) is 6.07 Å². The molecule has 2 heterocycles. The lowest BCUT2D eigenvalue weighted by atomic mass is 9.92. The highest BCUT2D eigenvalue weighted by Gasteiger charge is 2.40. The summed E-state index contributed by atoms with van der Waals surface area (Å²) in [6.07, 6.45) is -1.08. The van der Waals surface area contributed by atoms with Crippen LogP contribution in [-0.4, -0.2) is 42.6 Å². The maximum atomic E-state index is 13.3. The molecule has 1 aromatic heterocycles. The number of piperidine rings is 1. The lowest BCUT2D eigenvalue weighted by molar-refractivity contribution is -0.151. The fraction of sp³-hybridized carbons (Fsp3) is 0.632. The second-order valence-electron chi connectivity index (χ2n) is 7.22. The van der Waals surface area contributed by atoms with Crippen LogP contribution < -0.4 is 10.2 Å². The molecule has 0 spiro atoms. The van der Waals surface area contributed by atoms with Crippen LogP contribution >= 0.6 is 0 Å². The highest BCUT2D eigenvalue weighted by atomic mass is 19.4. The van der Waals surface area contributed by atoms with E-state index in [1.165, 1.54) is 24.3 Å². The Balaban J connectivity index is 2.17. The third-order valence-electron chi connectivity index (χ3n) is 4.97. The number of hydrogen-bond donors (Lipinski definition) is 1. The summed E-state index contributed by atoms with van der Waals surface area (Å²) in [5.41, 5.74) is -1.98. The Morgan fingerprint density at radius 3 is 2.71 bits per heavy atom. The fourth-order valence-electron chi connectivity index (χ4n) is 3.57. The van der Waals surface area contributed by atoms with E-state index in [2.05, 4.69) is 10.3 Å². The predicted molar refractivity (Wildman–Crippen MR) is 97.6 cm³/mol. The summed E-state index contributed by atoms with van der Waals surface area (Å²) >= 11 is 0. The Bertz CT molecular complexity index is 711. The first-order valence-electron chi connectivity index (χ1n) is 9.30. The van der Waals surface area contributed by atoms with Crippen molar-refractivity contribution in [1.29, 1.82) is 0 Å². The summed E-state index contributed by atoms with van der Waals surface area (Å²) in [4.78, 5) is 30.3. The van der Waals surface area contributed by atoms with E-state index in [1.54, 1.807) is 6.92 Å². The molecule has 1 N–H and O–H groups in total. The van der Waals surface area contributed by atoms with Gasteiger partial charge in [-0.1, -0.05) is 13.3 Å². The number of halogens is 3. The molecule has 2 rings (SSSR count). The van der Waals surface area contributed by atoms with E-state index < -0.39 is 29.2 Å². The van der Waals surface area contributed by atoms with E-state index in [4.69, 9.17) is 4.74 Å². The van der Waals surface area contributed by atoms with Crippen LogP contribution in [0.2, 0.25) is 0 Å². The van der Waals surface area contributed by atoms with Crippen molar-refractivity contribution in [3.8, 4) is 0 Å². The van der Waals surface area contributed by atoms with Crippen LogP contribution in [-0.2, 0) is 20.5 Å². The van der Waals surface area contributed by atoms with Gasteiger partial charge in [-0.25, -0.2) is 9.78 Å². The molecule has 0 aliphatic carbocycles. The topological polar surface area (TPSA) is 71.5 Å². The van der Waals surface area contributed by atoms with Crippen molar-refractivity contribution >= 4 is 17.7 Å². The zero-order chi connectivity index (χ0) is 20.9. The summed E-state index contributed by atoms with van der Waals surface area (Å²) in [7, 11) is 1.25. The number of nitrogens with zero attached hydrogens (tertiary/aromatic N) is 2. The number of hydrogen-bond acceptors (Lipinski definition) is 5. The number of methoxy groups -OCH3 is 1. The van der Waals surface area contributed by atoms with Crippen molar-refractivity contribution in [3.63, 3.8) is 0 Å². The van der Waals surface area contributed by atoms with Gasteiger partial charge in [-0.3, -0.25) is 4.79 Å². The molecule has 1 aromatic rings. The first-order valence-corrected chi connectivity index (χ1v) is 9.30. The quantitative estimate of drug-likeness (QED) is 0.742. The van der Waals surface area contributed by atoms with Crippen LogP contribution in [0.25, 0.3) is 0 Å². The number of esters is 1. The molecule has 1 aliphatic heterocycles. The second-order valence-corrected chi connectivity index (χ2v) is 7.22. The predicted octanol–water partition coefficient (Wildman–Crippen LogP) is 3.16. The van der Waals surface area contributed by atoms with Crippen LogP contribution in [0.5, 0.6) is 0 Å².